The van der Waals surface area contributed by atoms with Gasteiger partial charge >= 0.3 is 0 Å². The van der Waals surface area contributed by atoms with Crippen molar-refractivity contribution in [3.8, 4) is 0 Å². The van der Waals surface area contributed by atoms with Crippen LogP contribution in [-0.4, -0.2) is 17.1 Å². The van der Waals surface area contributed by atoms with E-state index in [2.05, 4.69) is 32.8 Å². The average molecular weight is 328 g/mol. The predicted octanol–water partition coefficient (Wildman–Crippen LogP) is 3.65. The van der Waals surface area contributed by atoms with E-state index in [0.29, 0.717) is 11.7 Å². The minimum atomic E-state index is -0.0269. The van der Waals surface area contributed by atoms with Crippen molar-refractivity contribution in [2.75, 3.05) is 12.8 Å². The second kappa shape index (κ2) is 6.66. The van der Waals surface area contributed by atoms with Crippen LogP contribution in [0, 0.1) is 5.92 Å². The molecule has 0 saturated heterocycles. The Hall–Kier alpha value is -0.680. The van der Waals surface area contributed by atoms with Gasteiger partial charge in [-0.25, -0.2) is 9.97 Å². The highest BCUT2D eigenvalue weighted by Gasteiger charge is 2.28. The normalized spacial score (nSPS) is 18.5. The Labute approximate surface area is 123 Å². The summed E-state index contributed by atoms with van der Waals surface area (Å²) in [5.41, 5.74) is 6.92. The second-order valence-electron chi connectivity index (χ2n) is 5.14. The lowest BCUT2D eigenvalue weighted by Gasteiger charge is -2.28. The zero-order valence-corrected chi connectivity index (χ0v) is 13.2. The zero-order valence-electron chi connectivity index (χ0n) is 11.7. The van der Waals surface area contributed by atoms with Crippen molar-refractivity contribution in [2.45, 2.75) is 51.6 Å². The summed E-state index contributed by atoms with van der Waals surface area (Å²) in [6.07, 6.45) is 7.08. The molecule has 1 aromatic heterocycles. The van der Waals surface area contributed by atoms with Gasteiger partial charge in [0.05, 0.1) is 10.2 Å². The van der Waals surface area contributed by atoms with Gasteiger partial charge in [-0.3, -0.25) is 0 Å². The third-order valence-electron chi connectivity index (χ3n) is 3.88. The van der Waals surface area contributed by atoms with Crippen LogP contribution in [0.3, 0.4) is 0 Å². The first-order valence-corrected chi connectivity index (χ1v) is 7.81. The molecule has 0 spiro atoms. The van der Waals surface area contributed by atoms with E-state index in [4.69, 9.17) is 10.5 Å². The standard InChI is InChI=1S/C14H22BrN3O/c1-3-10-11(15)13(16)18-14(17-10)12(19-2)9-7-5-4-6-8-9/h9,12H,3-8H2,1-2H3,(H2,16,17,18). The Morgan fingerprint density at radius 3 is 2.58 bits per heavy atom. The highest BCUT2D eigenvalue weighted by Crippen LogP contribution is 2.36. The lowest BCUT2D eigenvalue weighted by molar-refractivity contribution is 0.0288. The molecule has 4 nitrogen and oxygen atoms in total. The second-order valence-corrected chi connectivity index (χ2v) is 5.93. The van der Waals surface area contributed by atoms with E-state index in [1.807, 2.05) is 0 Å². The third kappa shape index (κ3) is 3.26. The zero-order chi connectivity index (χ0) is 13.8. The van der Waals surface area contributed by atoms with E-state index in [9.17, 15) is 0 Å². The van der Waals surface area contributed by atoms with Crippen LogP contribution in [-0.2, 0) is 11.2 Å². The number of nitrogens with zero attached hydrogens (tertiary/aromatic N) is 2. The Morgan fingerprint density at radius 2 is 2.00 bits per heavy atom. The molecule has 1 fully saturated rings. The van der Waals surface area contributed by atoms with Gasteiger partial charge in [-0.2, -0.15) is 0 Å². The molecule has 106 valence electrons. The van der Waals surface area contributed by atoms with Crippen LogP contribution in [0.2, 0.25) is 0 Å². The molecule has 1 aliphatic rings. The topological polar surface area (TPSA) is 61.0 Å². The van der Waals surface area contributed by atoms with E-state index in [1.54, 1.807) is 7.11 Å². The fourth-order valence-electron chi connectivity index (χ4n) is 2.84. The molecule has 2 N–H and O–H groups in total. The number of aryl methyl sites for hydroxylation is 1. The minimum absolute atomic E-state index is 0.0269. The molecule has 1 aliphatic carbocycles. The van der Waals surface area contributed by atoms with Crippen molar-refractivity contribution in [3.05, 3.63) is 16.0 Å². The summed E-state index contributed by atoms with van der Waals surface area (Å²) in [5.74, 6) is 1.77. The number of nitrogen functional groups attached to an aromatic ring is 1. The van der Waals surface area contributed by atoms with Crippen LogP contribution in [0.25, 0.3) is 0 Å². The summed E-state index contributed by atoms with van der Waals surface area (Å²) >= 11 is 3.45. The monoisotopic (exact) mass is 327 g/mol. The van der Waals surface area contributed by atoms with Crippen LogP contribution in [0.5, 0.6) is 0 Å². The summed E-state index contributed by atoms with van der Waals surface area (Å²) in [6, 6.07) is 0. The molecular formula is C14H22BrN3O. The van der Waals surface area contributed by atoms with Gasteiger partial charge in [-0.05, 0) is 41.1 Å². The Bertz CT molecular complexity index is 433. The molecule has 5 heteroatoms. The molecule has 0 radical (unpaired) electrons. The SMILES string of the molecule is CCc1nc(C(OC)C2CCCCC2)nc(N)c1Br. The maximum absolute atomic E-state index is 5.97. The van der Waals surface area contributed by atoms with Crippen LogP contribution < -0.4 is 5.73 Å². The molecule has 1 unspecified atom stereocenters. The molecule has 1 saturated carbocycles. The van der Waals surface area contributed by atoms with E-state index < -0.39 is 0 Å². The van der Waals surface area contributed by atoms with Crippen molar-refractivity contribution in [1.29, 1.82) is 0 Å². The van der Waals surface area contributed by atoms with Gasteiger partial charge in [-0.1, -0.05) is 26.2 Å². The number of rotatable bonds is 4. The summed E-state index contributed by atoms with van der Waals surface area (Å²) in [6.45, 7) is 2.07. The van der Waals surface area contributed by atoms with Crippen LogP contribution in [0.15, 0.2) is 4.47 Å². The van der Waals surface area contributed by atoms with Crippen molar-refractivity contribution >= 4 is 21.7 Å². The quantitative estimate of drug-likeness (QED) is 0.916. The predicted molar refractivity (Wildman–Crippen MR) is 79.8 cm³/mol. The highest BCUT2D eigenvalue weighted by molar-refractivity contribution is 9.10. The molecule has 1 atom stereocenters. The number of ether oxygens (including phenoxy) is 1. The van der Waals surface area contributed by atoms with Gasteiger partial charge in [0.2, 0.25) is 0 Å². The largest absolute Gasteiger partial charge is 0.383 e. The number of hydrogen-bond donors (Lipinski definition) is 1. The number of halogens is 1. The summed E-state index contributed by atoms with van der Waals surface area (Å²) < 4.78 is 6.49. The van der Waals surface area contributed by atoms with Gasteiger partial charge in [0.25, 0.3) is 0 Å². The van der Waals surface area contributed by atoms with E-state index >= 15 is 0 Å². The van der Waals surface area contributed by atoms with Crippen molar-refractivity contribution in [2.24, 2.45) is 5.92 Å². The van der Waals surface area contributed by atoms with Gasteiger partial charge in [-0.15, -0.1) is 0 Å². The van der Waals surface area contributed by atoms with Crippen LogP contribution in [0.1, 0.15) is 56.7 Å². The fourth-order valence-corrected chi connectivity index (χ4v) is 3.30. The minimum Gasteiger partial charge on any atom is -0.383 e. The maximum Gasteiger partial charge on any atom is 0.160 e. The first-order chi connectivity index (χ1) is 9.17. The van der Waals surface area contributed by atoms with E-state index in [-0.39, 0.29) is 6.10 Å². The number of aromatic nitrogens is 2. The summed E-state index contributed by atoms with van der Waals surface area (Å²) in [4.78, 5) is 9.06. The number of nitrogens with two attached hydrogens (primary N) is 1. The summed E-state index contributed by atoms with van der Waals surface area (Å²) in [5, 5.41) is 0. The van der Waals surface area contributed by atoms with Gasteiger partial charge in [0, 0.05) is 7.11 Å². The molecule has 0 aromatic carbocycles. The van der Waals surface area contributed by atoms with Gasteiger partial charge in [0.15, 0.2) is 5.82 Å². The van der Waals surface area contributed by atoms with Crippen molar-refractivity contribution in [3.63, 3.8) is 0 Å². The number of hydrogen-bond acceptors (Lipinski definition) is 4. The smallest absolute Gasteiger partial charge is 0.160 e. The number of anilines is 1. The van der Waals surface area contributed by atoms with E-state index in [1.165, 1.54) is 32.1 Å². The van der Waals surface area contributed by atoms with Crippen molar-refractivity contribution < 1.29 is 4.74 Å². The Kier molecular flexibility index (Phi) is 5.16. The number of methoxy groups -OCH3 is 1. The molecule has 0 aliphatic heterocycles. The molecule has 2 rings (SSSR count). The molecule has 0 amide bonds. The summed E-state index contributed by atoms with van der Waals surface area (Å²) in [7, 11) is 1.74. The Morgan fingerprint density at radius 1 is 1.32 bits per heavy atom. The lowest BCUT2D eigenvalue weighted by Crippen LogP contribution is -2.21. The fraction of sp³-hybridized carbons (Fsp3) is 0.714. The Balaban J connectivity index is 2.29. The average Bonchev–Trinajstić information content (AvgIpc) is 2.44. The first-order valence-electron chi connectivity index (χ1n) is 7.02. The third-order valence-corrected chi connectivity index (χ3v) is 4.75. The van der Waals surface area contributed by atoms with Crippen LogP contribution in [0.4, 0.5) is 5.82 Å². The highest BCUT2D eigenvalue weighted by atomic mass is 79.9. The molecule has 0 bridgehead atoms. The molecular weight excluding hydrogens is 306 g/mol. The molecule has 1 heterocycles. The van der Waals surface area contributed by atoms with E-state index in [0.717, 1.165) is 22.4 Å². The first kappa shape index (κ1) is 14.7. The maximum atomic E-state index is 5.97. The molecule has 1 aromatic rings. The molecule has 19 heavy (non-hydrogen) atoms. The lowest BCUT2D eigenvalue weighted by atomic mass is 9.85. The van der Waals surface area contributed by atoms with Gasteiger partial charge in [0.1, 0.15) is 11.9 Å². The van der Waals surface area contributed by atoms with Crippen LogP contribution >= 0.6 is 15.9 Å². The van der Waals surface area contributed by atoms with Gasteiger partial charge < -0.3 is 10.5 Å². The van der Waals surface area contributed by atoms with Crippen molar-refractivity contribution in [1.82, 2.24) is 9.97 Å².